The van der Waals surface area contributed by atoms with Gasteiger partial charge >= 0.3 is 5.97 Å². The molecule has 1 N–H and O–H groups in total. The van der Waals surface area contributed by atoms with E-state index in [0.717, 1.165) is 59.4 Å². The fourth-order valence-electron chi connectivity index (χ4n) is 6.16. The molecule has 0 unspecified atom stereocenters. The SMILES string of the molecule is C=CCOc1ccccc1Cc1cnc(-c2cc3nc(C)c([C@H](OC(C)(C)C)C(=O)O)c(N4CCC(C)(CCC)CC4)n3n2)s1. The molecular formula is C35H45N5O4S. The van der Waals surface area contributed by atoms with E-state index >= 15 is 0 Å². The number of ether oxygens (including phenoxy) is 2. The highest BCUT2D eigenvalue weighted by Gasteiger charge is 2.37. The second-order valence-corrected chi connectivity index (χ2v) is 14.4. The molecular weight excluding hydrogens is 586 g/mol. The van der Waals surface area contributed by atoms with Crippen LogP contribution >= 0.6 is 11.3 Å². The highest BCUT2D eigenvalue weighted by Crippen LogP contribution is 2.41. The van der Waals surface area contributed by atoms with Crippen molar-refractivity contribution in [2.24, 2.45) is 5.41 Å². The maximum atomic E-state index is 12.7. The molecule has 0 bridgehead atoms. The van der Waals surface area contributed by atoms with E-state index in [4.69, 9.17) is 24.5 Å². The van der Waals surface area contributed by atoms with E-state index in [0.29, 0.717) is 35.6 Å². The van der Waals surface area contributed by atoms with E-state index < -0.39 is 17.7 Å². The number of thiazole rings is 1. The molecule has 0 radical (unpaired) electrons. The van der Waals surface area contributed by atoms with Crippen LogP contribution in [0.1, 0.15) is 88.1 Å². The predicted octanol–water partition coefficient (Wildman–Crippen LogP) is 7.66. The Morgan fingerprint density at radius 2 is 1.98 bits per heavy atom. The molecule has 4 heterocycles. The minimum absolute atomic E-state index is 0.266. The summed E-state index contributed by atoms with van der Waals surface area (Å²) in [6.07, 6.45) is 7.46. The van der Waals surface area contributed by atoms with Crippen LogP contribution in [0, 0.1) is 12.3 Å². The van der Waals surface area contributed by atoms with Crippen LogP contribution in [-0.4, -0.2) is 56.0 Å². The van der Waals surface area contributed by atoms with Crippen LogP contribution in [0.2, 0.25) is 0 Å². The Balaban J connectivity index is 1.56. The van der Waals surface area contributed by atoms with Crippen LogP contribution in [0.15, 0.2) is 49.2 Å². The van der Waals surface area contributed by atoms with Gasteiger partial charge in [0.25, 0.3) is 0 Å². The van der Waals surface area contributed by atoms with Crippen LogP contribution in [-0.2, 0) is 16.0 Å². The van der Waals surface area contributed by atoms with Crippen LogP contribution in [0.3, 0.4) is 0 Å². The van der Waals surface area contributed by atoms with Crippen LogP contribution in [0.5, 0.6) is 5.75 Å². The summed E-state index contributed by atoms with van der Waals surface area (Å²) in [6.45, 7) is 17.9. The third-order valence-electron chi connectivity index (χ3n) is 8.35. The van der Waals surface area contributed by atoms with Gasteiger partial charge in [0.05, 0.1) is 11.2 Å². The molecule has 1 atom stereocenters. The Hall–Kier alpha value is -3.76. The lowest BCUT2D eigenvalue weighted by Gasteiger charge is -2.41. The number of carbonyl (C=O) groups is 1. The smallest absolute Gasteiger partial charge is 0.337 e. The van der Waals surface area contributed by atoms with Gasteiger partial charge in [0.2, 0.25) is 0 Å². The largest absolute Gasteiger partial charge is 0.489 e. The Kier molecular flexibility index (Phi) is 9.65. The van der Waals surface area contributed by atoms with Gasteiger partial charge in [0, 0.05) is 42.3 Å². The average molecular weight is 632 g/mol. The normalized spacial score (nSPS) is 15.7. The van der Waals surface area contributed by atoms with Gasteiger partial charge in [-0.15, -0.1) is 11.3 Å². The summed E-state index contributed by atoms with van der Waals surface area (Å²) in [5, 5.41) is 16.2. The van der Waals surface area contributed by atoms with Crippen molar-refractivity contribution < 1.29 is 19.4 Å². The molecule has 45 heavy (non-hydrogen) atoms. The summed E-state index contributed by atoms with van der Waals surface area (Å²) in [5.74, 6) is 0.528. The van der Waals surface area contributed by atoms with Gasteiger partial charge in [-0.1, -0.05) is 51.1 Å². The Morgan fingerprint density at radius 1 is 1.24 bits per heavy atom. The first-order valence-corrected chi connectivity index (χ1v) is 16.6. The molecule has 0 saturated carbocycles. The lowest BCUT2D eigenvalue weighted by Crippen LogP contribution is -2.41. The molecule has 1 aromatic carbocycles. The molecule has 240 valence electrons. The zero-order chi connectivity index (χ0) is 32.4. The van der Waals surface area contributed by atoms with Crippen molar-refractivity contribution in [3.05, 3.63) is 70.9 Å². The number of nitrogens with zero attached hydrogens (tertiary/aromatic N) is 5. The lowest BCUT2D eigenvalue weighted by atomic mass is 9.77. The van der Waals surface area contributed by atoms with E-state index in [2.05, 4.69) is 31.4 Å². The second-order valence-electron chi connectivity index (χ2n) is 13.2. The van der Waals surface area contributed by atoms with Gasteiger partial charge in [-0.3, -0.25) is 0 Å². The van der Waals surface area contributed by atoms with E-state index in [1.807, 2.05) is 62.7 Å². The molecule has 10 heteroatoms. The number of hydrogen-bond acceptors (Lipinski definition) is 8. The summed E-state index contributed by atoms with van der Waals surface area (Å²) >= 11 is 1.58. The van der Waals surface area contributed by atoms with E-state index in [-0.39, 0.29) is 5.41 Å². The Bertz CT molecular complexity index is 1660. The first kappa shape index (κ1) is 32.6. The van der Waals surface area contributed by atoms with Gasteiger partial charge in [0.15, 0.2) is 11.8 Å². The number of carboxylic acids is 1. The standard InChI is InChI=1S/C35H45N5O4S/c1-8-14-35(7)15-17-39(18-16-35)32-29(30(33(41)42)44-34(4,5)6)23(3)37-28-21-26(38-40(28)32)31-36-22-25(45-31)20-24-12-10-11-13-27(24)43-19-9-2/h9-13,21-22,30H,2,8,14-20H2,1,3-7H3,(H,41,42)/t30-/m0/s1. The van der Waals surface area contributed by atoms with Crippen molar-refractivity contribution in [1.82, 2.24) is 19.6 Å². The highest BCUT2D eigenvalue weighted by molar-refractivity contribution is 7.15. The summed E-state index contributed by atoms with van der Waals surface area (Å²) in [6, 6.07) is 9.94. The quantitative estimate of drug-likeness (QED) is 0.159. The van der Waals surface area contributed by atoms with Crippen molar-refractivity contribution in [1.29, 1.82) is 0 Å². The first-order valence-electron chi connectivity index (χ1n) is 15.7. The highest BCUT2D eigenvalue weighted by atomic mass is 32.1. The number of aliphatic carboxylic acids is 1. The number of piperidine rings is 1. The number of aryl methyl sites for hydroxylation is 1. The topological polar surface area (TPSA) is 102 Å². The second kappa shape index (κ2) is 13.3. The van der Waals surface area contributed by atoms with Gasteiger partial charge < -0.3 is 19.5 Å². The fraction of sp³-hybridized carbons (Fsp3) is 0.486. The molecule has 1 fully saturated rings. The number of carboxylic acid groups (broad SMARTS) is 1. The first-order chi connectivity index (χ1) is 21.4. The van der Waals surface area contributed by atoms with Gasteiger partial charge in [-0.05, 0) is 64.0 Å². The van der Waals surface area contributed by atoms with Crippen molar-refractivity contribution in [2.45, 2.75) is 85.4 Å². The zero-order valence-corrected chi connectivity index (χ0v) is 28.1. The Morgan fingerprint density at radius 3 is 2.64 bits per heavy atom. The predicted molar refractivity (Wildman–Crippen MR) is 179 cm³/mol. The lowest BCUT2D eigenvalue weighted by molar-refractivity contribution is -0.160. The van der Waals surface area contributed by atoms with E-state index in [1.165, 1.54) is 6.42 Å². The Labute approximate surface area is 269 Å². The van der Waals surface area contributed by atoms with E-state index in [1.54, 1.807) is 17.4 Å². The monoisotopic (exact) mass is 631 g/mol. The fourth-order valence-corrected chi connectivity index (χ4v) is 7.05. The summed E-state index contributed by atoms with van der Waals surface area (Å²) in [7, 11) is 0. The number of para-hydroxylation sites is 1. The number of aromatic nitrogens is 4. The molecule has 1 aliphatic rings. The van der Waals surface area contributed by atoms with Crippen LogP contribution < -0.4 is 9.64 Å². The summed E-state index contributed by atoms with van der Waals surface area (Å²) < 4.78 is 13.8. The van der Waals surface area contributed by atoms with Gasteiger partial charge in [-0.25, -0.2) is 14.8 Å². The number of anilines is 1. The minimum atomic E-state index is -1.19. The molecule has 0 aliphatic carbocycles. The summed E-state index contributed by atoms with van der Waals surface area (Å²) in [5.41, 5.74) is 3.20. The van der Waals surface area contributed by atoms with Gasteiger partial charge in [-0.2, -0.15) is 9.61 Å². The zero-order valence-electron chi connectivity index (χ0n) is 27.3. The number of benzene rings is 1. The molecule has 3 aromatic heterocycles. The number of fused-ring (bicyclic) bond motifs is 1. The van der Waals surface area contributed by atoms with Crippen molar-refractivity contribution in [2.75, 3.05) is 24.6 Å². The third-order valence-corrected chi connectivity index (χ3v) is 9.37. The molecule has 4 aromatic rings. The van der Waals surface area contributed by atoms with Crippen LogP contribution in [0.25, 0.3) is 16.3 Å². The van der Waals surface area contributed by atoms with Gasteiger partial charge in [0.1, 0.15) is 28.9 Å². The van der Waals surface area contributed by atoms with Crippen molar-refractivity contribution in [3.8, 4) is 16.5 Å². The van der Waals surface area contributed by atoms with Crippen molar-refractivity contribution in [3.63, 3.8) is 0 Å². The molecule has 0 amide bonds. The number of hydrogen-bond donors (Lipinski definition) is 1. The molecule has 9 nitrogen and oxygen atoms in total. The molecule has 0 spiro atoms. The minimum Gasteiger partial charge on any atom is -0.489 e. The van der Waals surface area contributed by atoms with Crippen LogP contribution in [0.4, 0.5) is 5.82 Å². The molecule has 1 aliphatic heterocycles. The maximum Gasteiger partial charge on any atom is 0.337 e. The van der Waals surface area contributed by atoms with Crippen molar-refractivity contribution >= 4 is 28.8 Å². The maximum absolute atomic E-state index is 12.7. The average Bonchev–Trinajstić information content (AvgIpc) is 3.62. The van der Waals surface area contributed by atoms with E-state index in [9.17, 15) is 9.90 Å². The third kappa shape index (κ3) is 7.39. The number of rotatable bonds is 12. The summed E-state index contributed by atoms with van der Waals surface area (Å²) in [4.78, 5) is 25.7. The molecule has 1 saturated heterocycles. The molecule has 5 rings (SSSR count).